The topological polar surface area (TPSA) is 115 Å². The van der Waals surface area contributed by atoms with Gasteiger partial charge < -0.3 is 19.5 Å². The van der Waals surface area contributed by atoms with Crippen LogP contribution in [0.2, 0.25) is 0 Å². The normalized spacial score (nSPS) is 16.2. The molecule has 2 aliphatic heterocycles. The van der Waals surface area contributed by atoms with Crippen LogP contribution in [-0.2, 0) is 25.7 Å². The van der Waals surface area contributed by atoms with Crippen LogP contribution in [0.5, 0.6) is 11.5 Å². The third kappa shape index (κ3) is 4.00. The van der Waals surface area contributed by atoms with Gasteiger partial charge in [0.1, 0.15) is 5.70 Å². The molecule has 0 radical (unpaired) electrons. The van der Waals surface area contributed by atoms with E-state index in [-0.39, 0.29) is 31.4 Å². The minimum atomic E-state index is -0.984. The second-order valence-electron chi connectivity index (χ2n) is 5.45. The van der Waals surface area contributed by atoms with Crippen LogP contribution in [0, 0.1) is 0 Å². The fourth-order valence-corrected chi connectivity index (χ4v) is 2.23. The summed E-state index contributed by atoms with van der Waals surface area (Å²) in [5.74, 6) is -0.121. The van der Waals surface area contributed by atoms with E-state index in [1.54, 1.807) is 12.1 Å². The Hall–Kier alpha value is -3.23. The Labute approximate surface area is 143 Å². The summed E-state index contributed by atoms with van der Waals surface area (Å²) in [5, 5.41) is 2.68. The summed E-state index contributed by atoms with van der Waals surface area (Å²) < 4.78 is 15.6. The molecule has 0 saturated heterocycles. The van der Waals surface area contributed by atoms with Crippen LogP contribution in [0.15, 0.2) is 30.0 Å². The van der Waals surface area contributed by atoms with E-state index < -0.39 is 18.0 Å². The van der Waals surface area contributed by atoms with Crippen molar-refractivity contribution in [2.24, 2.45) is 0 Å². The molecule has 3 rings (SSSR count). The van der Waals surface area contributed by atoms with E-state index in [1.165, 1.54) is 13.0 Å². The zero-order valence-corrected chi connectivity index (χ0v) is 13.5. The molecule has 0 bridgehead atoms. The second kappa shape index (κ2) is 7.12. The maximum atomic E-state index is 12.1. The number of ether oxygens (including phenoxy) is 3. The molecule has 0 aliphatic carbocycles. The van der Waals surface area contributed by atoms with Gasteiger partial charge in [-0.2, -0.15) is 0 Å². The van der Waals surface area contributed by atoms with E-state index >= 15 is 0 Å². The molecular formula is C16H17N3O6. The Morgan fingerprint density at radius 2 is 2.08 bits per heavy atom. The number of amides is 2. The highest BCUT2D eigenvalue weighted by Crippen LogP contribution is 2.32. The number of benzene rings is 1. The molecule has 2 amide bonds. The fraction of sp³-hybridized carbons (Fsp3) is 0.312. The van der Waals surface area contributed by atoms with Crippen molar-refractivity contribution in [1.29, 1.82) is 0 Å². The van der Waals surface area contributed by atoms with Gasteiger partial charge in [-0.3, -0.25) is 20.4 Å². The summed E-state index contributed by atoms with van der Waals surface area (Å²) in [5.41, 5.74) is 5.65. The largest absolute Gasteiger partial charge is 0.454 e. The molecule has 1 atom stereocenters. The first-order valence-corrected chi connectivity index (χ1v) is 7.65. The molecule has 2 heterocycles. The molecule has 1 aromatic rings. The molecule has 0 fully saturated rings. The van der Waals surface area contributed by atoms with Gasteiger partial charge in [0.15, 0.2) is 17.6 Å². The minimum absolute atomic E-state index is 0.0716. The summed E-state index contributed by atoms with van der Waals surface area (Å²) in [6, 6.07) is 5.35. The Morgan fingerprint density at radius 3 is 2.84 bits per heavy atom. The molecule has 3 N–H and O–H groups in total. The van der Waals surface area contributed by atoms with Crippen LogP contribution in [0.25, 0.3) is 0 Å². The van der Waals surface area contributed by atoms with E-state index in [2.05, 4.69) is 16.2 Å². The molecule has 25 heavy (non-hydrogen) atoms. The predicted octanol–water partition coefficient (Wildman–Crippen LogP) is -0.128. The van der Waals surface area contributed by atoms with Gasteiger partial charge in [-0.05, 0) is 30.7 Å². The lowest BCUT2D eigenvalue weighted by Crippen LogP contribution is -2.44. The van der Waals surface area contributed by atoms with E-state index in [4.69, 9.17) is 14.2 Å². The number of esters is 1. The second-order valence-corrected chi connectivity index (χ2v) is 5.45. The first-order valence-electron chi connectivity index (χ1n) is 7.65. The van der Waals surface area contributed by atoms with Crippen LogP contribution in [-0.4, -0.2) is 30.7 Å². The molecule has 0 saturated carbocycles. The van der Waals surface area contributed by atoms with E-state index in [0.29, 0.717) is 11.5 Å². The van der Waals surface area contributed by atoms with Gasteiger partial charge in [-0.1, -0.05) is 6.07 Å². The van der Waals surface area contributed by atoms with Crippen molar-refractivity contribution >= 4 is 17.8 Å². The highest BCUT2D eigenvalue weighted by molar-refractivity contribution is 5.93. The quantitative estimate of drug-likeness (QED) is 0.636. The number of hydrogen-bond acceptors (Lipinski definition) is 7. The average molecular weight is 347 g/mol. The molecule has 9 nitrogen and oxygen atoms in total. The molecule has 0 aromatic heterocycles. The SMILES string of the molecule is C[C@H](OC(=O)C1=CCC(=O)NN1)C(=O)NCc1ccc2c(c1)OCO2. The number of hydrogen-bond donors (Lipinski definition) is 3. The van der Waals surface area contributed by atoms with Crippen LogP contribution in [0.1, 0.15) is 18.9 Å². The van der Waals surface area contributed by atoms with Crippen molar-refractivity contribution in [3.63, 3.8) is 0 Å². The molecule has 0 spiro atoms. The van der Waals surface area contributed by atoms with Crippen molar-refractivity contribution in [3.05, 3.63) is 35.5 Å². The summed E-state index contributed by atoms with van der Waals surface area (Å²) in [4.78, 5) is 35.0. The predicted molar refractivity (Wildman–Crippen MR) is 83.9 cm³/mol. The van der Waals surface area contributed by atoms with Gasteiger partial charge in [-0.15, -0.1) is 0 Å². The maximum absolute atomic E-state index is 12.1. The van der Waals surface area contributed by atoms with Gasteiger partial charge in [0.25, 0.3) is 5.91 Å². The van der Waals surface area contributed by atoms with E-state index in [9.17, 15) is 14.4 Å². The van der Waals surface area contributed by atoms with Crippen molar-refractivity contribution in [3.8, 4) is 11.5 Å². The van der Waals surface area contributed by atoms with Crippen molar-refractivity contribution in [1.82, 2.24) is 16.2 Å². The monoisotopic (exact) mass is 347 g/mol. The summed E-state index contributed by atoms with van der Waals surface area (Å²) in [6.07, 6.45) is 0.488. The molecule has 132 valence electrons. The smallest absolute Gasteiger partial charge is 0.356 e. The third-order valence-corrected chi connectivity index (χ3v) is 3.60. The zero-order chi connectivity index (χ0) is 17.8. The summed E-state index contributed by atoms with van der Waals surface area (Å²) in [6.45, 7) is 1.91. The van der Waals surface area contributed by atoms with Gasteiger partial charge in [0.05, 0.1) is 0 Å². The first-order chi connectivity index (χ1) is 12.0. The third-order valence-electron chi connectivity index (χ3n) is 3.60. The lowest BCUT2D eigenvalue weighted by molar-refractivity contribution is -0.151. The molecule has 9 heteroatoms. The van der Waals surface area contributed by atoms with Crippen molar-refractivity contribution < 1.29 is 28.6 Å². The van der Waals surface area contributed by atoms with Crippen LogP contribution >= 0.6 is 0 Å². The number of fused-ring (bicyclic) bond motifs is 1. The van der Waals surface area contributed by atoms with Crippen LogP contribution in [0.3, 0.4) is 0 Å². The highest BCUT2D eigenvalue weighted by atomic mass is 16.7. The Morgan fingerprint density at radius 1 is 1.28 bits per heavy atom. The molecular weight excluding hydrogens is 330 g/mol. The number of hydrazine groups is 1. The van der Waals surface area contributed by atoms with E-state index in [0.717, 1.165) is 5.56 Å². The number of nitrogens with one attached hydrogen (secondary N) is 3. The van der Waals surface area contributed by atoms with Gasteiger partial charge in [0.2, 0.25) is 12.7 Å². The lowest BCUT2D eigenvalue weighted by atomic mass is 10.2. The number of rotatable bonds is 5. The zero-order valence-electron chi connectivity index (χ0n) is 13.5. The Bertz CT molecular complexity index is 745. The lowest BCUT2D eigenvalue weighted by Gasteiger charge is -2.18. The summed E-state index contributed by atoms with van der Waals surface area (Å²) >= 11 is 0. The van der Waals surface area contributed by atoms with Crippen LogP contribution in [0.4, 0.5) is 0 Å². The molecule has 2 aliphatic rings. The van der Waals surface area contributed by atoms with Gasteiger partial charge >= 0.3 is 5.97 Å². The standard InChI is InChI=1S/C16H17N3O6/c1-9(25-16(22)11-3-5-14(20)19-18-11)15(21)17-7-10-2-4-12-13(6-10)24-8-23-12/h2-4,6,9,18H,5,7-8H2,1H3,(H,17,21)(H,19,20)/t9-/m0/s1. The minimum Gasteiger partial charge on any atom is -0.454 e. The van der Waals surface area contributed by atoms with Crippen molar-refractivity contribution in [2.45, 2.75) is 26.0 Å². The number of carbonyl (C=O) groups is 3. The Balaban J connectivity index is 1.49. The van der Waals surface area contributed by atoms with Crippen LogP contribution < -0.4 is 25.6 Å². The molecule has 0 unspecified atom stereocenters. The van der Waals surface area contributed by atoms with Crippen molar-refractivity contribution in [2.75, 3.05) is 6.79 Å². The fourth-order valence-electron chi connectivity index (χ4n) is 2.23. The maximum Gasteiger partial charge on any atom is 0.356 e. The molecule has 1 aromatic carbocycles. The average Bonchev–Trinajstić information content (AvgIpc) is 3.07. The highest BCUT2D eigenvalue weighted by Gasteiger charge is 2.22. The Kier molecular flexibility index (Phi) is 4.73. The number of carbonyl (C=O) groups excluding carboxylic acids is 3. The first kappa shape index (κ1) is 16.6. The van der Waals surface area contributed by atoms with Gasteiger partial charge in [0, 0.05) is 13.0 Å². The van der Waals surface area contributed by atoms with E-state index in [1.807, 2.05) is 6.07 Å². The van der Waals surface area contributed by atoms with Gasteiger partial charge in [-0.25, -0.2) is 4.79 Å². The summed E-state index contributed by atoms with van der Waals surface area (Å²) in [7, 11) is 0.